The van der Waals surface area contributed by atoms with Crippen LogP contribution in [0.2, 0.25) is 0 Å². The summed E-state index contributed by atoms with van der Waals surface area (Å²) >= 11 is 0. The molecule has 0 spiro atoms. The van der Waals surface area contributed by atoms with Crippen molar-refractivity contribution in [1.29, 1.82) is 0 Å². The third kappa shape index (κ3) is 4.06. The molecule has 1 heterocycles. The van der Waals surface area contributed by atoms with E-state index in [0.717, 1.165) is 6.54 Å². The van der Waals surface area contributed by atoms with Crippen LogP contribution < -0.4 is 0 Å². The normalized spacial score (nSPS) is 8.30. The first kappa shape index (κ1) is 9.14. The molecule has 0 saturated carbocycles. The smallest absolute Gasteiger partial charge is 0.137 e. The summed E-state index contributed by atoms with van der Waals surface area (Å²) < 4.78 is 1.76. The maximum absolute atomic E-state index is 3.84. The highest BCUT2D eigenvalue weighted by Crippen LogP contribution is 1.74. The lowest BCUT2D eigenvalue weighted by molar-refractivity contribution is 0.658. The molecule has 0 aliphatic heterocycles. The van der Waals surface area contributed by atoms with Crippen molar-refractivity contribution < 1.29 is 0 Å². The van der Waals surface area contributed by atoms with Crippen LogP contribution in [-0.2, 0) is 6.54 Å². The molecule has 1 aromatic rings. The topological polar surface area (TPSA) is 30.7 Å². The molecule has 0 aromatic carbocycles. The van der Waals surface area contributed by atoms with Crippen molar-refractivity contribution in [1.82, 2.24) is 14.8 Å². The largest absolute Gasteiger partial charge is 0.253 e. The van der Waals surface area contributed by atoms with Crippen molar-refractivity contribution in [2.75, 3.05) is 0 Å². The summed E-state index contributed by atoms with van der Waals surface area (Å²) in [6, 6.07) is 0. The molecule has 1 rings (SSSR count). The van der Waals surface area contributed by atoms with E-state index in [1.54, 1.807) is 11.0 Å². The van der Waals surface area contributed by atoms with Crippen LogP contribution in [0, 0.1) is 0 Å². The molecule has 0 atom stereocenters. The molecule has 1 aromatic heterocycles. The van der Waals surface area contributed by atoms with Gasteiger partial charge in [0.15, 0.2) is 0 Å². The zero-order valence-corrected chi connectivity index (χ0v) is 6.91. The van der Waals surface area contributed by atoms with Crippen LogP contribution in [-0.4, -0.2) is 14.8 Å². The molecule has 0 saturated heterocycles. The number of hydrogen-bond donors (Lipinski definition) is 0. The van der Waals surface area contributed by atoms with E-state index in [1.807, 2.05) is 6.92 Å². The number of nitrogens with zero attached hydrogens (tertiary/aromatic N) is 3. The van der Waals surface area contributed by atoms with Crippen LogP contribution in [0.25, 0.3) is 0 Å². The van der Waals surface area contributed by atoms with Crippen molar-refractivity contribution in [3.63, 3.8) is 0 Å². The maximum atomic E-state index is 3.84. The fourth-order valence-electron chi connectivity index (χ4n) is 0.396. The Kier molecular flexibility index (Phi) is 5.72. The van der Waals surface area contributed by atoms with Gasteiger partial charge in [-0.1, -0.05) is 20.3 Å². The molecule has 58 valence electrons. The molecule has 0 fully saturated rings. The quantitative estimate of drug-likeness (QED) is 0.596. The Morgan fingerprint density at radius 2 is 1.90 bits per heavy atom. The lowest BCUT2D eigenvalue weighted by Gasteiger charge is -1.85. The lowest BCUT2D eigenvalue weighted by Crippen LogP contribution is -1.91. The van der Waals surface area contributed by atoms with Crippen LogP contribution in [0.5, 0.6) is 0 Å². The number of aryl methyl sites for hydroxylation is 1. The van der Waals surface area contributed by atoms with Gasteiger partial charge in [0.2, 0.25) is 0 Å². The van der Waals surface area contributed by atoms with Gasteiger partial charge in [0.25, 0.3) is 0 Å². The highest BCUT2D eigenvalue weighted by atomic mass is 15.3. The minimum Gasteiger partial charge on any atom is -0.253 e. The van der Waals surface area contributed by atoms with Gasteiger partial charge in [-0.25, -0.2) is 4.98 Å². The minimum atomic E-state index is 0.903. The van der Waals surface area contributed by atoms with Crippen molar-refractivity contribution >= 4 is 0 Å². The Balaban J connectivity index is 0.000000236. The van der Waals surface area contributed by atoms with Crippen LogP contribution in [0.1, 0.15) is 27.2 Å². The van der Waals surface area contributed by atoms with Gasteiger partial charge >= 0.3 is 0 Å². The summed E-state index contributed by atoms with van der Waals surface area (Å²) in [7, 11) is 0. The van der Waals surface area contributed by atoms with E-state index in [2.05, 4.69) is 23.9 Å². The van der Waals surface area contributed by atoms with E-state index in [-0.39, 0.29) is 0 Å². The first-order chi connectivity index (χ1) is 4.85. The molecule has 0 amide bonds. The zero-order chi connectivity index (χ0) is 7.82. The van der Waals surface area contributed by atoms with Crippen LogP contribution in [0.15, 0.2) is 12.7 Å². The van der Waals surface area contributed by atoms with Crippen molar-refractivity contribution in [2.24, 2.45) is 0 Å². The predicted octanol–water partition coefficient (Wildman–Crippen LogP) is 1.71. The second-order valence-corrected chi connectivity index (χ2v) is 1.96. The summed E-state index contributed by atoms with van der Waals surface area (Å²) in [5.74, 6) is 0. The van der Waals surface area contributed by atoms with E-state index < -0.39 is 0 Å². The number of aromatic nitrogens is 3. The standard InChI is InChI=1S/C4H7N3.C3H8/c1-2-7-4-5-3-6-7;1-3-2/h3-4H,2H2,1H3;3H2,1-2H3. The van der Waals surface area contributed by atoms with Gasteiger partial charge in [-0.15, -0.1) is 0 Å². The highest BCUT2D eigenvalue weighted by Gasteiger charge is 1.78. The Morgan fingerprint density at radius 3 is 2.10 bits per heavy atom. The van der Waals surface area contributed by atoms with Crippen LogP contribution in [0.3, 0.4) is 0 Å². The fourth-order valence-corrected chi connectivity index (χ4v) is 0.396. The molecular weight excluding hydrogens is 126 g/mol. The molecule has 3 nitrogen and oxygen atoms in total. The molecule has 0 bridgehead atoms. The van der Waals surface area contributed by atoms with Gasteiger partial charge in [-0.3, -0.25) is 4.68 Å². The second kappa shape index (κ2) is 6.26. The number of hydrogen-bond acceptors (Lipinski definition) is 2. The Labute approximate surface area is 62.1 Å². The van der Waals surface area contributed by atoms with Gasteiger partial charge in [0, 0.05) is 6.54 Å². The average molecular weight is 141 g/mol. The van der Waals surface area contributed by atoms with E-state index >= 15 is 0 Å². The first-order valence-corrected chi connectivity index (χ1v) is 3.67. The summed E-state index contributed by atoms with van der Waals surface area (Å²) in [5, 5.41) is 3.84. The maximum Gasteiger partial charge on any atom is 0.137 e. The summed E-state index contributed by atoms with van der Waals surface area (Å²) in [4.78, 5) is 3.74. The van der Waals surface area contributed by atoms with E-state index in [9.17, 15) is 0 Å². The summed E-state index contributed by atoms with van der Waals surface area (Å²) in [6.07, 6.45) is 4.48. The summed E-state index contributed by atoms with van der Waals surface area (Å²) in [6.45, 7) is 7.18. The Bertz CT molecular complexity index is 135. The minimum absolute atomic E-state index is 0.903. The molecule has 0 radical (unpaired) electrons. The molecule has 0 unspecified atom stereocenters. The fraction of sp³-hybridized carbons (Fsp3) is 0.714. The van der Waals surface area contributed by atoms with Crippen molar-refractivity contribution in [3.05, 3.63) is 12.7 Å². The molecule has 3 heteroatoms. The number of rotatable bonds is 1. The van der Waals surface area contributed by atoms with Crippen molar-refractivity contribution in [2.45, 2.75) is 33.7 Å². The Hall–Kier alpha value is -0.860. The second-order valence-electron chi connectivity index (χ2n) is 1.96. The first-order valence-electron chi connectivity index (χ1n) is 3.67. The molecule has 0 N–H and O–H groups in total. The molecule has 10 heavy (non-hydrogen) atoms. The molecule has 0 aliphatic carbocycles. The lowest BCUT2D eigenvalue weighted by atomic mass is 10.6. The van der Waals surface area contributed by atoms with Gasteiger partial charge in [-0.2, -0.15) is 5.10 Å². The van der Waals surface area contributed by atoms with Gasteiger partial charge in [-0.05, 0) is 6.92 Å². The third-order valence-corrected chi connectivity index (χ3v) is 0.791. The third-order valence-electron chi connectivity index (χ3n) is 0.791. The average Bonchev–Trinajstić information content (AvgIpc) is 2.39. The predicted molar refractivity (Wildman–Crippen MR) is 41.7 cm³/mol. The van der Waals surface area contributed by atoms with Gasteiger partial charge in [0.1, 0.15) is 12.7 Å². The zero-order valence-electron chi connectivity index (χ0n) is 6.91. The molecular formula is C7H15N3. The SMILES string of the molecule is CCC.CCn1cncn1. The van der Waals surface area contributed by atoms with E-state index in [4.69, 9.17) is 0 Å². The monoisotopic (exact) mass is 141 g/mol. The van der Waals surface area contributed by atoms with Crippen LogP contribution in [0.4, 0.5) is 0 Å². The van der Waals surface area contributed by atoms with Crippen LogP contribution >= 0.6 is 0 Å². The molecule has 0 aliphatic rings. The highest BCUT2D eigenvalue weighted by molar-refractivity contribution is 4.52. The van der Waals surface area contributed by atoms with E-state index in [0.29, 0.717) is 0 Å². The van der Waals surface area contributed by atoms with Gasteiger partial charge in [0.05, 0.1) is 0 Å². The Morgan fingerprint density at radius 1 is 1.30 bits per heavy atom. The summed E-state index contributed by atoms with van der Waals surface area (Å²) in [5.41, 5.74) is 0. The van der Waals surface area contributed by atoms with E-state index in [1.165, 1.54) is 12.7 Å². The van der Waals surface area contributed by atoms with Crippen molar-refractivity contribution in [3.8, 4) is 0 Å². The van der Waals surface area contributed by atoms with Gasteiger partial charge < -0.3 is 0 Å².